The maximum Gasteiger partial charge on any atom is 0.195 e. The zero-order valence-electron chi connectivity index (χ0n) is 11.5. The number of nitrogens with zero attached hydrogens (tertiary/aromatic N) is 1. The maximum atomic E-state index is 6.24. The minimum atomic E-state index is -0.579. The van der Waals surface area contributed by atoms with Gasteiger partial charge in [0.05, 0.1) is 13.2 Å². The number of hydrogen-bond acceptors (Lipinski definition) is 5. The zero-order valence-corrected chi connectivity index (χ0v) is 11.5. The quantitative estimate of drug-likeness (QED) is 0.808. The minimum absolute atomic E-state index is 0.152. The Morgan fingerprint density at radius 2 is 2.11 bits per heavy atom. The number of rotatable bonds is 3. The van der Waals surface area contributed by atoms with Gasteiger partial charge in [0.2, 0.25) is 0 Å². The molecule has 3 N–H and O–H groups in total. The van der Waals surface area contributed by atoms with Crippen molar-refractivity contribution in [2.45, 2.75) is 44.4 Å². The Bertz CT molecular complexity index is 384. The smallest absolute Gasteiger partial charge is 0.195 e. The summed E-state index contributed by atoms with van der Waals surface area (Å²) in [5.41, 5.74) is 5.28. The van der Waals surface area contributed by atoms with Gasteiger partial charge in [-0.3, -0.25) is 0 Å². The van der Waals surface area contributed by atoms with Crippen molar-refractivity contribution >= 4 is 5.96 Å². The average molecular weight is 265 g/mol. The lowest BCUT2D eigenvalue weighted by molar-refractivity contribution is -0.194. The van der Waals surface area contributed by atoms with Crippen LogP contribution in [0.3, 0.4) is 0 Å². The van der Waals surface area contributed by atoms with Crippen LogP contribution in [0.5, 0.6) is 0 Å². The standard InChI is InChI=1S/C14H23N3O2/c1-10-2-4-11(5-3-10)14(19-12-8-18-9-12)6-7-16-13(15)17-14/h6-7,10-12H,2-5,8-9H2,1H3,(H3,15,16,17). The van der Waals surface area contributed by atoms with E-state index >= 15 is 0 Å². The number of nitrogens with one attached hydrogen (secondary N) is 1. The molecule has 0 radical (unpaired) electrons. The molecule has 5 nitrogen and oxygen atoms in total. The van der Waals surface area contributed by atoms with Crippen molar-refractivity contribution < 1.29 is 9.47 Å². The lowest BCUT2D eigenvalue weighted by atomic mass is 9.77. The van der Waals surface area contributed by atoms with E-state index in [1.807, 2.05) is 12.3 Å². The van der Waals surface area contributed by atoms with Crippen LogP contribution >= 0.6 is 0 Å². The second kappa shape index (κ2) is 5.13. The fraction of sp³-hybridized carbons (Fsp3) is 0.786. The molecule has 0 aromatic carbocycles. The molecule has 106 valence electrons. The lowest BCUT2D eigenvalue weighted by Gasteiger charge is -2.43. The van der Waals surface area contributed by atoms with Crippen LogP contribution < -0.4 is 11.1 Å². The van der Waals surface area contributed by atoms with E-state index in [4.69, 9.17) is 15.2 Å². The highest BCUT2D eigenvalue weighted by Gasteiger charge is 2.43. The third kappa shape index (κ3) is 2.62. The Morgan fingerprint density at radius 3 is 2.68 bits per heavy atom. The van der Waals surface area contributed by atoms with Gasteiger partial charge in [0, 0.05) is 12.1 Å². The summed E-state index contributed by atoms with van der Waals surface area (Å²) in [6, 6.07) is 0. The fourth-order valence-corrected chi connectivity index (χ4v) is 3.12. The van der Waals surface area contributed by atoms with E-state index in [0.717, 1.165) is 18.8 Å². The summed E-state index contributed by atoms with van der Waals surface area (Å²) in [6.07, 6.45) is 8.83. The molecule has 5 heteroatoms. The van der Waals surface area contributed by atoms with Crippen molar-refractivity contribution in [3.05, 3.63) is 12.3 Å². The van der Waals surface area contributed by atoms with Crippen LogP contribution in [0, 0.1) is 11.8 Å². The highest BCUT2D eigenvalue weighted by atomic mass is 16.6. The number of ether oxygens (including phenoxy) is 2. The molecule has 0 bridgehead atoms. The molecule has 19 heavy (non-hydrogen) atoms. The molecule has 0 aromatic rings. The third-order valence-corrected chi connectivity index (χ3v) is 4.41. The van der Waals surface area contributed by atoms with Crippen molar-refractivity contribution in [1.29, 1.82) is 0 Å². The Balaban J connectivity index is 1.78. The molecule has 1 aliphatic carbocycles. The first kappa shape index (κ1) is 12.9. The summed E-state index contributed by atoms with van der Waals surface area (Å²) in [7, 11) is 0. The largest absolute Gasteiger partial charge is 0.376 e. The van der Waals surface area contributed by atoms with Gasteiger partial charge in [-0.15, -0.1) is 0 Å². The van der Waals surface area contributed by atoms with E-state index in [2.05, 4.69) is 17.2 Å². The minimum Gasteiger partial charge on any atom is -0.376 e. The molecule has 3 rings (SSSR count). The highest BCUT2D eigenvalue weighted by molar-refractivity contribution is 5.80. The normalized spacial score (nSPS) is 39.3. The van der Waals surface area contributed by atoms with Crippen LogP contribution in [-0.2, 0) is 9.47 Å². The van der Waals surface area contributed by atoms with Gasteiger partial charge in [0.1, 0.15) is 6.10 Å². The maximum absolute atomic E-state index is 6.24. The SMILES string of the molecule is CC1CCC(C2(OC3COC3)C=CNC(N)=N2)CC1. The van der Waals surface area contributed by atoms with Gasteiger partial charge in [0.25, 0.3) is 0 Å². The Labute approximate surface area is 114 Å². The molecule has 2 heterocycles. The average Bonchev–Trinajstić information content (AvgIpc) is 2.35. The van der Waals surface area contributed by atoms with E-state index in [1.165, 1.54) is 12.8 Å². The van der Waals surface area contributed by atoms with Crippen LogP contribution in [0.2, 0.25) is 0 Å². The van der Waals surface area contributed by atoms with Crippen LogP contribution in [-0.4, -0.2) is 31.0 Å². The first-order valence-corrected chi connectivity index (χ1v) is 7.23. The molecule has 0 aromatic heterocycles. The summed E-state index contributed by atoms with van der Waals surface area (Å²) in [5.74, 6) is 1.68. The topological polar surface area (TPSA) is 68.9 Å². The van der Waals surface area contributed by atoms with Crippen LogP contribution in [0.4, 0.5) is 0 Å². The molecule has 1 saturated carbocycles. The fourth-order valence-electron chi connectivity index (χ4n) is 3.12. The summed E-state index contributed by atoms with van der Waals surface area (Å²) >= 11 is 0. The predicted molar refractivity (Wildman–Crippen MR) is 73.4 cm³/mol. The van der Waals surface area contributed by atoms with Gasteiger partial charge >= 0.3 is 0 Å². The van der Waals surface area contributed by atoms with Crippen molar-refractivity contribution in [1.82, 2.24) is 5.32 Å². The van der Waals surface area contributed by atoms with E-state index in [0.29, 0.717) is 25.1 Å². The molecule has 0 amide bonds. The van der Waals surface area contributed by atoms with Gasteiger partial charge in [-0.2, -0.15) is 0 Å². The zero-order chi connectivity index (χ0) is 13.3. The van der Waals surface area contributed by atoms with Crippen LogP contribution in [0.25, 0.3) is 0 Å². The molecule has 3 aliphatic rings. The summed E-state index contributed by atoms with van der Waals surface area (Å²) in [4.78, 5) is 4.60. The monoisotopic (exact) mass is 265 g/mol. The molecule has 1 unspecified atom stereocenters. The van der Waals surface area contributed by atoms with Crippen LogP contribution in [0.1, 0.15) is 32.6 Å². The Kier molecular flexibility index (Phi) is 3.50. The van der Waals surface area contributed by atoms with Crippen molar-refractivity contribution in [3.8, 4) is 0 Å². The van der Waals surface area contributed by atoms with Crippen molar-refractivity contribution in [3.63, 3.8) is 0 Å². The lowest BCUT2D eigenvalue weighted by Crippen LogP contribution is -2.51. The van der Waals surface area contributed by atoms with Gasteiger partial charge in [-0.05, 0) is 24.8 Å². The first-order valence-electron chi connectivity index (χ1n) is 7.23. The van der Waals surface area contributed by atoms with Crippen molar-refractivity contribution in [2.75, 3.05) is 13.2 Å². The summed E-state index contributed by atoms with van der Waals surface area (Å²) < 4.78 is 11.4. The van der Waals surface area contributed by atoms with Gasteiger partial charge < -0.3 is 20.5 Å². The molecule has 1 saturated heterocycles. The van der Waals surface area contributed by atoms with E-state index in [-0.39, 0.29) is 6.10 Å². The molecule has 2 aliphatic heterocycles. The summed E-state index contributed by atoms with van der Waals surface area (Å²) in [5, 5.41) is 2.93. The number of aliphatic imine (C=N–C) groups is 1. The predicted octanol–water partition coefficient (Wildman–Crippen LogP) is 1.36. The van der Waals surface area contributed by atoms with E-state index < -0.39 is 5.72 Å². The summed E-state index contributed by atoms with van der Waals surface area (Å²) in [6.45, 7) is 3.66. The highest BCUT2D eigenvalue weighted by Crippen LogP contribution is 2.41. The molecule has 1 atom stereocenters. The molecule has 0 spiro atoms. The third-order valence-electron chi connectivity index (χ3n) is 4.41. The van der Waals surface area contributed by atoms with Crippen molar-refractivity contribution in [2.24, 2.45) is 22.6 Å². The second-order valence-electron chi connectivity index (χ2n) is 5.96. The molecular formula is C14H23N3O2. The van der Waals surface area contributed by atoms with Gasteiger partial charge in [-0.1, -0.05) is 19.8 Å². The van der Waals surface area contributed by atoms with E-state index in [9.17, 15) is 0 Å². The van der Waals surface area contributed by atoms with Gasteiger partial charge in [-0.25, -0.2) is 4.99 Å². The Hall–Kier alpha value is -1.07. The molecular weight excluding hydrogens is 242 g/mol. The van der Waals surface area contributed by atoms with Gasteiger partial charge in [0.15, 0.2) is 11.7 Å². The number of nitrogens with two attached hydrogens (primary N) is 1. The number of guanidine groups is 1. The first-order chi connectivity index (χ1) is 9.18. The van der Waals surface area contributed by atoms with E-state index in [1.54, 1.807) is 0 Å². The molecule has 2 fully saturated rings. The Morgan fingerprint density at radius 1 is 1.37 bits per heavy atom. The van der Waals surface area contributed by atoms with Crippen LogP contribution in [0.15, 0.2) is 17.3 Å². The second-order valence-corrected chi connectivity index (χ2v) is 5.96. The number of hydrogen-bond donors (Lipinski definition) is 2.